The van der Waals surface area contributed by atoms with Crippen molar-refractivity contribution in [2.45, 2.75) is 6.92 Å². The van der Waals surface area contributed by atoms with Crippen LogP contribution in [0.15, 0.2) is 53.7 Å². The number of hydrogen-bond donors (Lipinski definition) is 0. The maximum absolute atomic E-state index is 8.73. The smallest absolute Gasteiger partial charge is 0.122 e. The van der Waals surface area contributed by atoms with E-state index in [1.807, 2.05) is 31.2 Å². The molecule has 2 aromatic rings. The molecule has 0 fully saturated rings. The zero-order valence-electron chi connectivity index (χ0n) is 13.2. The summed E-state index contributed by atoms with van der Waals surface area (Å²) < 4.78 is 11.2. The quantitative estimate of drug-likeness (QED) is 0.447. The van der Waals surface area contributed by atoms with Gasteiger partial charge in [-0.15, -0.1) is 0 Å². The average molecular weight is 310 g/mol. The Kier molecular flexibility index (Phi) is 6.01. The minimum Gasteiger partial charge on any atom is -0.490 e. The van der Waals surface area contributed by atoms with Crippen molar-refractivity contribution in [3.8, 4) is 17.6 Å². The van der Waals surface area contributed by atoms with Gasteiger partial charge in [-0.05, 0) is 61.0 Å². The van der Waals surface area contributed by atoms with E-state index >= 15 is 0 Å². The average Bonchev–Trinajstić information content (AvgIpc) is 2.60. The lowest BCUT2D eigenvalue weighted by Gasteiger charge is -2.09. The lowest BCUT2D eigenvalue weighted by molar-refractivity contribution is 0.213. The molecule has 0 spiro atoms. The number of hydrogen-bond acceptors (Lipinski definition) is 5. The van der Waals surface area contributed by atoms with Gasteiger partial charge in [-0.3, -0.25) is 0 Å². The molecule has 0 saturated carbocycles. The van der Waals surface area contributed by atoms with Crippen molar-refractivity contribution in [3.63, 3.8) is 0 Å². The molecule has 5 heteroatoms. The zero-order valence-corrected chi connectivity index (χ0v) is 13.2. The summed E-state index contributed by atoms with van der Waals surface area (Å²) in [5, 5.41) is 12.6. The molecular formula is C18H18N2O3. The summed E-state index contributed by atoms with van der Waals surface area (Å²) >= 11 is 0. The number of rotatable bonds is 7. The van der Waals surface area contributed by atoms with Crippen LogP contribution >= 0.6 is 0 Å². The van der Waals surface area contributed by atoms with Gasteiger partial charge in [0.05, 0.1) is 17.3 Å². The van der Waals surface area contributed by atoms with Crippen LogP contribution in [0, 0.1) is 11.3 Å². The molecule has 118 valence electrons. The second-order valence-corrected chi connectivity index (χ2v) is 4.72. The Labute approximate surface area is 135 Å². The van der Waals surface area contributed by atoms with E-state index in [0.29, 0.717) is 24.5 Å². The van der Waals surface area contributed by atoms with Gasteiger partial charge in [-0.2, -0.15) is 5.26 Å². The summed E-state index contributed by atoms with van der Waals surface area (Å²) in [6, 6.07) is 16.7. The van der Waals surface area contributed by atoms with Crippen LogP contribution in [0.2, 0.25) is 0 Å². The maximum atomic E-state index is 8.73. The van der Waals surface area contributed by atoms with Gasteiger partial charge in [-0.25, -0.2) is 0 Å². The highest BCUT2D eigenvalue weighted by Crippen LogP contribution is 2.14. The molecule has 5 nitrogen and oxygen atoms in total. The molecule has 0 aromatic heterocycles. The van der Waals surface area contributed by atoms with Gasteiger partial charge in [0, 0.05) is 0 Å². The molecule has 0 aliphatic carbocycles. The highest BCUT2D eigenvalue weighted by Gasteiger charge is 2.00. The van der Waals surface area contributed by atoms with E-state index < -0.39 is 0 Å². The monoisotopic (exact) mass is 310 g/mol. The molecular weight excluding hydrogens is 292 g/mol. The van der Waals surface area contributed by atoms with E-state index in [2.05, 4.69) is 11.2 Å². The van der Waals surface area contributed by atoms with E-state index in [0.717, 1.165) is 17.0 Å². The van der Waals surface area contributed by atoms with Crippen molar-refractivity contribution >= 4 is 5.71 Å². The summed E-state index contributed by atoms with van der Waals surface area (Å²) in [4.78, 5) is 4.75. The van der Waals surface area contributed by atoms with Gasteiger partial charge in [0.25, 0.3) is 0 Å². The molecule has 0 amide bonds. The number of nitriles is 1. The van der Waals surface area contributed by atoms with E-state index in [1.54, 1.807) is 24.3 Å². The molecule has 2 rings (SSSR count). The van der Waals surface area contributed by atoms with Crippen molar-refractivity contribution < 1.29 is 14.3 Å². The normalized spacial score (nSPS) is 10.7. The van der Waals surface area contributed by atoms with Crippen molar-refractivity contribution in [2.24, 2.45) is 5.16 Å². The lowest BCUT2D eigenvalue weighted by Crippen LogP contribution is -2.09. The summed E-state index contributed by atoms with van der Waals surface area (Å²) in [6.07, 6.45) is 0. The van der Waals surface area contributed by atoms with Gasteiger partial charge in [0.15, 0.2) is 0 Å². The van der Waals surface area contributed by atoms with Gasteiger partial charge < -0.3 is 14.3 Å². The Balaban J connectivity index is 1.77. The Morgan fingerprint density at radius 2 is 1.48 bits per heavy atom. The van der Waals surface area contributed by atoms with Crippen LogP contribution in [0.3, 0.4) is 0 Å². The van der Waals surface area contributed by atoms with Gasteiger partial charge >= 0.3 is 0 Å². The van der Waals surface area contributed by atoms with Crippen molar-refractivity contribution in [1.29, 1.82) is 5.26 Å². The maximum Gasteiger partial charge on any atom is 0.122 e. The van der Waals surface area contributed by atoms with E-state index in [4.69, 9.17) is 19.6 Å². The van der Waals surface area contributed by atoms with Crippen LogP contribution in [-0.4, -0.2) is 26.0 Å². The number of nitrogens with zero attached hydrogens (tertiary/aromatic N) is 2. The van der Waals surface area contributed by atoms with E-state index in [-0.39, 0.29) is 0 Å². The topological polar surface area (TPSA) is 63.8 Å². The van der Waals surface area contributed by atoms with Crippen molar-refractivity contribution in [2.75, 3.05) is 20.3 Å². The fraction of sp³-hybridized carbons (Fsp3) is 0.222. The molecule has 0 aliphatic heterocycles. The highest BCUT2D eigenvalue weighted by atomic mass is 16.6. The standard InChI is InChI=1S/C18H18N2O3/c1-14(20-21-2)16-5-9-18(10-6-16)23-12-11-22-17-7-3-15(13-19)4-8-17/h3-10H,11-12H2,1-2H3/b20-14+. The Bertz CT molecular complexity index is 686. The van der Waals surface area contributed by atoms with Crippen LogP contribution in [0.1, 0.15) is 18.1 Å². The number of benzene rings is 2. The van der Waals surface area contributed by atoms with Crippen LogP contribution in [-0.2, 0) is 4.84 Å². The molecule has 0 unspecified atom stereocenters. The Morgan fingerprint density at radius 1 is 0.957 bits per heavy atom. The van der Waals surface area contributed by atoms with Crippen LogP contribution < -0.4 is 9.47 Å². The second-order valence-electron chi connectivity index (χ2n) is 4.72. The largest absolute Gasteiger partial charge is 0.490 e. The molecule has 0 saturated heterocycles. The Morgan fingerprint density at radius 3 is 1.96 bits per heavy atom. The minimum atomic E-state index is 0.428. The summed E-state index contributed by atoms with van der Waals surface area (Å²) in [6.45, 7) is 2.74. The summed E-state index contributed by atoms with van der Waals surface area (Å²) in [5.41, 5.74) is 2.40. The second kappa shape index (κ2) is 8.44. The van der Waals surface area contributed by atoms with Crippen molar-refractivity contribution in [1.82, 2.24) is 0 Å². The van der Waals surface area contributed by atoms with Crippen LogP contribution in [0.4, 0.5) is 0 Å². The van der Waals surface area contributed by atoms with E-state index in [1.165, 1.54) is 7.11 Å². The van der Waals surface area contributed by atoms with Gasteiger partial charge in [0.1, 0.15) is 31.8 Å². The fourth-order valence-electron chi connectivity index (χ4n) is 1.93. The molecule has 0 heterocycles. The first-order valence-electron chi connectivity index (χ1n) is 7.17. The molecule has 0 N–H and O–H groups in total. The fourth-order valence-corrected chi connectivity index (χ4v) is 1.93. The zero-order chi connectivity index (χ0) is 16.5. The Hall–Kier alpha value is -3.00. The third kappa shape index (κ3) is 5.04. The molecule has 0 radical (unpaired) electrons. The molecule has 23 heavy (non-hydrogen) atoms. The predicted molar refractivity (Wildman–Crippen MR) is 87.8 cm³/mol. The number of oxime groups is 1. The first-order valence-corrected chi connectivity index (χ1v) is 7.17. The molecule has 0 bridgehead atoms. The third-order valence-corrected chi connectivity index (χ3v) is 3.10. The molecule has 0 atom stereocenters. The van der Waals surface area contributed by atoms with Gasteiger partial charge in [0.2, 0.25) is 0 Å². The van der Waals surface area contributed by atoms with Crippen molar-refractivity contribution in [3.05, 3.63) is 59.7 Å². The minimum absolute atomic E-state index is 0.428. The first kappa shape index (κ1) is 16.4. The SMILES string of the molecule is CO/N=C(\C)c1ccc(OCCOc2ccc(C#N)cc2)cc1. The van der Waals surface area contributed by atoms with Crippen LogP contribution in [0.25, 0.3) is 0 Å². The summed E-state index contributed by atoms with van der Waals surface area (Å²) in [5.74, 6) is 1.48. The third-order valence-electron chi connectivity index (χ3n) is 3.10. The predicted octanol–water partition coefficient (Wildman–Crippen LogP) is 3.39. The van der Waals surface area contributed by atoms with Gasteiger partial charge in [-0.1, -0.05) is 5.16 Å². The molecule has 2 aromatic carbocycles. The van der Waals surface area contributed by atoms with Crippen LogP contribution in [0.5, 0.6) is 11.5 Å². The highest BCUT2D eigenvalue weighted by molar-refractivity contribution is 5.98. The molecule has 0 aliphatic rings. The number of ether oxygens (including phenoxy) is 2. The lowest BCUT2D eigenvalue weighted by atomic mass is 10.1. The van der Waals surface area contributed by atoms with E-state index in [9.17, 15) is 0 Å². The summed E-state index contributed by atoms with van der Waals surface area (Å²) in [7, 11) is 1.52. The first-order chi connectivity index (χ1) is 11.2.